The first kappa shape index (κ1) is 27.2. The monoisotopic (exact) mass is 408 g/mol. The number of hydrogen-bond donors (Lipinski definition) is 0. The van der Waals surface area contributed by atoms with E-state index in [4.69, 9.17) is 0 Å². The molecule has 0 saturated carbocycles. The molecule has 0 bridgehead atoms. The molecule has 0 N–H and O–H groups in total. The summed E-state index contributed by atoms with van der Waals surface area (Å²) in [5.41, 5.74) is 1.52. The Morgan fingerprint density at radius 3 is 2.09 bits per heavy atom. The van der Waals surface area contributed by atoms with Crippen LogP contribution in [0.5, 0.6) is 0 Å². The Morgan fingerprint density at radius 1 is 0.955 bits per heavy atom. The fraction of sp³-hybridized carbons (Fsp3) is 0.353. The molecule has 0 aliphatic rings. The maximum Gasteiger partial charge on any atom is 4.00 e. The van der Waals surface area contributed by atoms with Gasteiger partial charge in [-0.1, -0.05) is 74.8 Å². The summed E-state index contributed by atoms with van der Waals surface area (Å²) in [5, 5.41) is 3.09. The molecule has 0 fully saturated rings. The number of rotatable bonds is 5. The first-order valence-corrected chi connectivity index (χ1v) is 9.96. The molecule has 0 aliphatic carbocycles. The van der Waals surface area contributed by atoms with Crippen LogP contribution in [-0.2, 0) is 28.1 Å². The van der Waals surface area contributed by atoms with E-state index in [2.05, 4.69) is 68.5 Å². The van der Waals surface area contributed by atoms with Gasteiger partial charge in [-0.25, -0.2) is 6.07 Å². The summed E-state index contributed by atoms with van der Waals surface area (Å²) in [4.78, 5) is 0. The van der Waals surface area contributed by atoms with Gasteiger partial charge in [-0.15, -0.1) is 0 Å². The zero-order valence-electron chi connectivity index (χ0n) is 13.4. The number of unbranched alkanes of at least 4 members (excludes halogenated alkanes) is 1. The standard InChI is InChI=1S/C17H23Si.3ClH.Ti/c1-4-5-9-15-12-13-17(14-15)18(2,3)16-10-7-6-8-11-16;;;;/h6-8,10-14H,4-5,9H2,1-3H3;3*1H;/q-1;;;;+4/p-3. The van der Waals surface area contributed by atoms with Crippen molar-refractivity contribution in [3.05, 3.63) is 54.1 Å². The summed E-state index contributed by atoms with van der Waals surface area (Å²) in [6, 6.07) is 18.1. The first-order valence-electron chi connectivity index (χ1n) is 6.96. The number of benzene rings is 1. The van der Waals surface area contributed by atoms with Crippen LogP contribution in [-0.4, -0.2) is 8.07 Å². The normalized spacial score (nSPS) is 9.59. The van der Waals surface area contributed by atoms with E-state index in [-0.39, 0.29) is 58.9 Å². The fourth-order valence-corrected chi connectivity index (χ4v) is 4.84. The van der Waals surface area contributed by atoms with E-state index in [0.29, 0.717) is 0 Å². The fourth-order valence-electron chi connectivity index (χ4n) is 2.44. The van der Waals surface area contributed by atoms with Crippen molar-refractivity contribution >= 4 is 18.4 Å². The minimum Gasteiger partial charge on any atom is -1.00 e. The van der Waals surface area contributed by atoms with Crippen LogP contribution in [0.2, 0.25) is 13.1 Å². The van der Waals surface area contributed by atoms with E-state index in [1.165, 1.54) is 30.0 Å². The van der Waals surface area contributed by atoms with Crippen LogP contribution in [0.3, 0.4) is 0 Å². The molecule has 2 rings (SSSR count). The molecular formula is C17H23Cl3SiTi. The largest absolute Gasteiger partial charge is 4.00 e. The van der Waals surface area contributed by atoms with Crippen LogP contribution in [0.4, 0.5) is 0 Å². The molecule has 0 saturated heterocycles. The van der Waals surface area contributed by atoms with E-state index in [1.54, 1.807) is 5.19 Å². The van der Waals surface area contributed by atoms with Crippen molar-refractivity contribution in [2.75, 3.05) is 0 Å². The predicted octanol–water partition coefficient (Wildman–Crippen LogP) is -5.42. The average Bonchev–Trinajstić information content (AvgIpc) is 2.87. The molecule has 0 atom stereocenters. The van der Waals surface area contributed by atoms with Crippen molar-refractivity contribution in [3.8, 4) is 0 Å². The van der Waals surface area contributed by atoms with Crippen molar-refractivity contribution in [1.29, 1.82) is 0 Å². The third kappa shape index (κ3) is 6.86. The Kier molecular flexibility index (Phi) is 15.8. The van der Waals surface area contributed by atoms with Gasteiger partial charge in [-0.2, -0.15) is 22.9 Å². The van der Waals surface area contributed by atoms with E-state index in [0.717, 1.165) is 0 Å². The van der Waals surface area contributed by atoms with E-state index in [9.17, 15) is 0 Å². The summed E-state index contributed by atoms with van der Waals surface area (Å²) in [5.74, 6) is 0. The molecule has 2 aromatic rings. The van der Waals surface area contributed by atoms with Crippen LogP contribution in [0.1, 0.15) is 25.3 Å². The summed E-state index contributed by atoms with van der Waals surface area (Å²) in [6.07, 6.45) is 3.81. The zero-order valence-corrected chi connectivity index (χ0v) is 18.2. The Bertz CT molecular complexity index is 498. The van der Waals surface area contributed by atoms with Crippen molar-refractivity contribution in [1.82, 2.24) is 0 Å². The molecule has 0 amide bonds. The molecule has 120 valence electrons. The van der Waals surface area contributed by atoms with E-state index in [1.807, 2.05) is 0 Å². The van der Waals surface area contributed by atoms with Crippen molar-refractivity contribution < 1.29 is 58.9 Å². The minimum atomic E-state index is -1.47. The van der Waals surface area contributed by atoms with Gasteiger partial charge in [0, 0.05) is 0 Å². The molecule has 0 radical (unpaired) electrons. The quantitative estimate of drug-likeness (QED) is 0.342. The van der Waals surface area contributed by atoms with Crippen molar-refractivity contribution in [2.45, 2.75) is 39.3 Å². The van der Waals surface area contributed by atoms with Gasteiger partial charge >= 0.3 is 21.7 Å². The minimum absolute atomic E-state index is 0. The Balaban J connectivity index is -0.000000902. The molecular weight excluding hydrogens is 386 g/mol. The van der Waals surface area contributed by atoms with Gasteiger partial charge in [0.25, 0.3) is 0 Å². The molecule has 0 aliphatic heterocycles. The smallest absolute Gasteiger partial charge is 1.00 e. The Labute approximate surface area is 170 Å². The first-order chi connectivity index (χ1) is 8.64. The molecule has 5 heteroatoms. The summed E-state index contributed by atoms with van der Waals surface area (Å²) < 4.78 is 0. The SMILES string of the molecule is CCCCc1cc[c-]([Si](C)(C)c2ccccc2)c1.[Cl-].[Cl-].[Cl-].[Ti+4]. The van der Waals surface area contributed by atoms with Gasteiger partial charge < -0.3 is 37.2 Å². The molecule has 0 spiro atoms. The number of aryl methyl sites for hydroxylation is 1. The third-order valence-corrected chi connectivity index (χ3v) is 7.39. The predicted molar refractivity (Wildman–Crippen MR) is 83.8 cm³/mol. The van der Waals surface area contributed by atoms with Crippen LogP contribution in [0, 0.1) is 0 Å². The summed E-state index contributed by atoms with van der Waals surface area (Å²) in [6.45, 7) is 7.15. The average molecular weight is 410 g/mol. The van der Waals surface area contributed by atoms with Crippen molar-refractivity contribution in [3.63, 3.8) is 0 Å². The van der Waals surface area contributed by atoms with Crippen LogP contribution in [0.15, 0.2) is 48.5 Å². The summed E-state index contributed by atoms with van der Waals surface area (Å²) >= 11 is 0. The molecule has 2 aromatic carbocycles. The van der Waals surface area contributed by atoms with Gasteiger partial charge in [0.05, 0.1) is 8.07 Å². The molecule has 0 aromatic heterocycles. The maximum absolute atomic E-state index is 2.45. The Hall–Kier alpha value is 0.371. The second kappa shape index (κ2) is 12.8. The van der Waals surface area contributed by atoms with E-state index < -0.39 is 8.07 Å². The number of hydrogen-bond acceptors (Lipinski definition) is 0. The molecule has 0 nitrogen and oxygen atoms in total. The molecule has 22 heavy (non-hydrogen) atoms. The van der Waals surface area contributed by atoms with Gasteiger partial charge in [-0.3, -0.25) is 0 Å². The van der Waals surface area contributed by atoms with Gasteiger partial charge in [0.2, 0.25) is 0 Å². The zero-order chi connectivity index (χ0) is 13.0. The van der Waals surface area contributed by atoms with Crippen LogP contribution < -0.4 is 47.6 Å². The van der Waals surface area contributed by atoms with Gasteiger partial charge in [0.1, 0.15) is 0 Å². The summed E-state index contributed by atoms with van der Waals surface area (Å²) in [7, 11) is -1.47. The molecule has 0 unspecified atom stereocenters. The second-order valence-electron chi connectivity index (χ2n) is 5.60. The Morgan fingerprint density at radius 2 is 1.55 bits per heavy atom. The van der Waals surface area contributed by atoms with Gasteiger partial charge in [0.15, 0.2) is 0 Å². The van der Waals surface area contributed by atoms with Crippen LogP contribution >= 0.6 is 0 Å². The number of halogens is 3. The van der Waals surface area contributed by atoms with Gasteiger partial charge in [-0.05, 0) is 0 Å². The topological polar surface area (TPSA) is 0 Å². The van der Waals surface area contributed by atoms with Crippen LogP contribution in [0.25, 0.3) is 0 Å². The van der Waals surface area contributed by atoms with E-state index >= 15 is 0 Å². The molecule has 0 heterocycles. The second-order valence-corrected chi connectivity index (χ2v) is 10.0. The van der Waals surface area contributed by atoms with Crippen molar-refractivity contribution in [2.24, 2.45) is 0 Å². The maximum atomic E-state index is 2.45. The third-order valence-electron chi connectivity index (χ3n) is 3.85.